The number of carboxylic acid groups (broad SMARTS) is 1. The molecule has 0 aliphatic rings. The number of carbonyl (C=O) groups is 2. The molecule has 0 saturated heterocycles. The molecule has 104 valence electrons. The monoisotopic (exact) mass is 290 g/mol. The summed E-state index contributed by atoms with van der Waals surface area (Å²) in [6.45, 7) is 1.70. The van der Waals surface area contributed by atoms with Crippen LogP contribution in [0, 0.1) is 6.92 Å². The molecule has 1 heterocycles. The van der Waals surface area contributed by atoms with Gasteiger partial charge in [0.2, 0.25) is 5.91 Å². The maximum Gasteiger partial charge on any atom is 0.335 e. The first-order chi connectivity index (χ1) is 9.56. The quantitative estimate of drug-likeness (QED) is 0.887. The van der Waals surface area contributed by atoms with Gasteiger partial charge in [0.25, 0.3) is 0 Å². The van der Waals surface area contributed by atoms with Gasteiger partial charge in [-0.1, -0.05) is 0 Å². The van der Waals surface area contributed by atoms with Gasteiger partial charge in [0.05, 0.1) is 16.8 Å². The van der Waals surface area contributed by atoms with Crippen molar-refractivity contribution >= 4 is 28.9 Å². The van der Waals surface area contributed by atoms with Crippen LogP contribution in [0.2, 0.25) is 0 Å². The molecule has 1 aromatic heterocycles. The van der Waals surface area contributed by atoms with E-state index >= 15 is 0 Å². The van der Waals surface area contributed by atoms with Crippen molar-refractivity contribution in [1.82, 2.24) is 4.98 Å². The molecule has 0 aliphatic carbocycles. The van der Waals surface area contributed by atoms with E-state index in [9.17, 15) is 9.59 Å². The summed E-state index contributed by atoms with van der Waals surface area (Å²) >= 11 is 1.50. The number of nitrogens with one attached hydrogen (secondary N) is 1. The molecule has 0 aliphatic heterocycles. The lowest BCUT2D eigenvalue weighted by Crippen LogP contribution is -2.13. The van der Waals surface area contributed by atoms with Gasteiger partial charge in [-0.25, -0.2) is 9.78 Å². The van der Waals surface area contributed by atoms with Crippen LogP contribution in [-0.4, -0.2) is 22.0 Å². The highest BCUT2D eigenvalue weighted by Gasteiger charge is 2.09. The van der Waals surface area contributed by atoms with Crippen molar-refractivity contribution in [3.63, 3.8) is 0 Å². The Morgan fingerprint density at radius 3 is 2.80 bits per heavy atom. The fraction of sp³-hybridized carbons (Fsp3) is 0.214. The average Bonchev–Trinajstić information content (AvgIpc) is 2.89. The molecule has 20 heavy (non-hydrogen) atoms. The van der Waals surface area contributed by atoms with Crippen LogP contribution in [0.3, 0.4) is 0 Å². The van der Waals surface area contributed by atoms with Gasteiger partial charge in [-0.3, -0.25) is 4.79 Å². The van der Waals surface area contributed by atoms with Crippen molar-refractivity contribution in [2.75, 3.05) is 5.32 Å². The molecule has 0 radical (unpaired) electrons. The third-order valence-electron chi connectivity index (χ3n) is 2.83. The molecule has 2 aromatic rings. The van der Waals surface area contributed by atoms with Gasteiger partial charge in [-0.2, -0.15) is 0 Å². The normalized spacial score (nSPS) is 10.2. The molecule has 2 N–H and O–H groups in total. The highest BCUT2D eigenvalue weighted by Crippen LogP contribution is 2.15. The SMILES string of the molecule is Cc1cc(NC(=O)CCc2cscn2)ccc1C(=O)O. The van der Waals surface area contributed by atoms with Crippen LogP contribution in [0.5, 0.6) is 0 Å². The summed E-state index contributed by atoms with van der Waals surface area (Å²) in [5.41, 5.74) is 4.11. The van der Waals surface area contributed by atoms with Crippen LogP contribution in [0.1, 0.15) is 28.0 Å². The van der Waals surface area contributed by atoms with Gasteiger partial charge in [0, 0.05) is 17.5 Å². The number of aryl methyl sites for hydroxylation is 2. The zero-order chi connectivity index (χ0) is 14.5. The van der Waals surface area contributed by atoms with Crippen LogP contribution in [0.15, 0.2) is 29.1 Å². The van der Waals surface area contributed by atoms with Gasteiger partial charge < -0.3 is 10.4 Å². The van der Waals surface area contributed by atoms with E-state index in [1.165, 1.54) is 17.4 Å². The lowest BCUT2D eigenvalue weighted by atomic mass is 10.1. The van der Waals surface area contributed by atoms with E-state index in [1.54, 1.807) is 24.6 Å². The number of amides is 1. The number of nitrogens with zero attached hydrogens (tertiary/aromatic N) is 1. The fourth-order valence-electron chi connectivity index (χ4n) is 1.81. The maximum absolute atomic E-state index is 11.8. The molecular weight excluding hydrogens is 276 g/mol. The number of carbonyl (C=O) groups excluding carboxylic acids is 1. The Bertz CT molecular complexity index is 623. The largest absolute Gasteiger partial charge is 0.478 e. The van der Waals surface area contributed by atoms with Crippen molar-refractivity contribution in [3.8, 4) is 0 Å². The Morgan fingerprint density at radius 2 is 2.20 bits per heavy atom. The highest BCUT2D eigenvalue weighted by atomic mass is 32.1. The average molecular weight is 290 g/mol. The topological polar surface area (TPSA) is 79.3 Å². The van der Waals surface area contributed by atoms with Gasteiger partial charge in [-0.15, -0.1) is 11.3 Å². The van der Waals surface area contributed by atoms with Crippen LogP contribution in [0.4, 0.5) is 5.69 Å². The molecule has 0 unspecified atom stereocenters. The van der Waals surface area contributed by atoms with E-state index in [-0.39, 0.29) is 11.5 Å². The minimum atomic E-state index is -0.969. The summed E-state index contributed by atoms with van der Waals surface area (Å²) in [6, 6.07) is 4.75. The molecule has 0 atom stereocenters. The standard InChI is InChI=1S/C14H14N2O3S/c1-9-6-10(2-4-12(9)14(18)19)16-13(17)5-3-11-7-20-8-15-11/h2,4,6-8H,3,5H2,1H3,(H,16,17)(H,18,19). The van der Waals surface area contributed by atoms with E-state index < -0.39 is 5.97 Å². The number of aromatic nitrogens is 1. The second-order valence-corrected chi connectivity index (χ2v) is 5.08. The summed E-state index contributed by atoms with van der Waals surface area (Å²) in [4.78, 5) is 26.8. The van der Waals surface area contributed by atoms with Crippen LogP contribution >= 0.6 is 11.3 Å². The Hall–Kier alpha value is -2.21. The number of anilines is 1. The molecule has 0 bridgehead atoms. The first kappa shape index (κ1) is 14.2. The highest BCUT2D eigenvalue weighted by molar-refractivity contribution is 7.07. The number of hydrogen-bond acceptors (Lipinski definition) is 4. The van der Waals surface area contributed by atoms with Crippen molar-refractivity contribution in [2.45, 2.75) is 19.8 Å². The minimum Gasteiger partial charge on any atom is -0.478 e. The lowest BCUT2D eigenvalue weighted by Gasteiger charge is -2.07. The van der Waals surface area contributed by atoms with Gasteiger partial charge in [-0.05, 0) is 37.1 Å². The van der Waals surface area contributed by atoms with E-state index in [4.69, 9.17) is 5.11 Å². The van der Waals surface area contributed by atoms with E-state index in [0.717, 1.165) is 5.69 Å². The molecule has 1 amide bonds. The van der Waals surface area contributed by atoms with Gasteiger partial charge in [0.15, 0.2) is 0 Å². The Kier molecular flexibility index (Phi) is 4.47. The fourth-order valence-corrected chi connectivity index (χ4v) is 2.40. The predicted molar refractivity (Wildman–Crippen MR) is 77.2 cm³/mol. The van der Waals surface area contributed by atoms with E-state index in [0.29, 0.717) is 24.1 Å². The minimum absolute atomic E-state index is 0.111. The number of hydrogen-bond donors (Lipinski definition) is 2. The molecule has 6 heteroatoms. The summed E-state index contributed by atoms with van der Waals surface area (Å²) in [5.74, 6) is -1.08. The number of carboxylic acids is 1. The smallest absolute Gasteiger partial charge is 0.335 e. The van der Waals surface area contributed by atoms with E-state index in [1.807, 2.05) is 5.38 Å². The first-order valence-corrected chi connectivity index (χ1v) is 7.01. The summed E-state index contributed by atoms with van der Waals surface area (Å²) in [6.07, 6.45) is 0.949. The second kappa shape index (κ2) is 6.29. The Labute approximate surface area is 120 Å². The van der Waals surface area contributed by atoms with E-state index in [2.05, 4.69) is 10.3 Å². The molecule has 0 spiro atoms. The van der Waals surface area contributed by atoms with Gasteiger partial charge in [0.1, 0.15) is 0 Å². The summed E-state index contributed by atoms with van der Waals surface area (Å²) < 4.78 is 0. The first-order valence-electron chi connectivity index (χ1n) is 6.07. The summed E-state index contributed by atoms with van der Waals surface area (Å²) in [7, 11) is 0. The molecule has 1 aromatic carbocycles. The number of benzene rings is 1. The summed E-state index contributed by atoms with van der Waals surface area (Å²) in [5, 5.41) is 13.6. The van der Waals surface area contributed by atoms with Crippen molar-refractivity contribution in [2.24, 2.45) is 0 Å². The third kappa shape index (κ3) is 3.64. The second-order valence-electron chi connectivity index (χ2n) is 4.36. The zero-order valence-corrected chi connectivity index (χ0v) is 11.7. The number of thiazole rings is 1. The predicted octanol–water partition coefficient (Wildman–Crippen LogP) is 2.72. The van der Waals surface area contributed by atoms with Crippen LogP contribution in [-0.2, 0) is 11.2 Å². The molecule has 2 rings (SSSR count). The zero-order valence-electron chi connectivity index (χ0n) is 10.9. The molecule has 5 nitrogen and oxygen atoms in total. The maximum atomic E-state index is 11.8. The lowest BCUT2D eigenvalue weighted by molar-refractivity contribution is -0.116. The molecular formula is C14H14N2O3S. The molecule has 0 fully saturated rings. The number of aromatic carboxylic acids is 1. The Morgan fingerprint density at radius 1 is 1.40 bits per heavy atom. The van der Waals surface area contributed by atoms with Crippen molar-refractivity contribution in [1.29, 1.82) is 0 Å². The van der Waals surface area contributed by atoms with Crippen LogP contribution < -0.4 is 5.32 Å². The molecule has 0 saturated carbocycles. The van der Waals surface area contributed by atoms with Crippen LogP contribution in [0.25, 0.3) is 0 Å². The third-order valence-corrected chi connectivity index (χ3v) is 3.47. The number of rotatable bonds is 5. The van der Waals surface area contributed by atoms with Crippen molar-refractivity contribution in [3.05, 3.63) is 45.9 Å². The van der Waals surface area contributed by atoms with Crippen molar-refractivity contribution < 1.29 is 14.7 Å². The van der Waals surface area contributed by atoms with Gasteiger partial charge >= 0.3 is 5.97 Å². The Balaban J connectivity index is 1.94.